The second-order valence-electron chi connectivity index (χ2n) is 10.2. The van der Waals surface area contributed by atoms with E-state index in [-0.39, 0.29) is 24.2 Å². The number of methoxy groups -OCH3 is 1. The van der Waals surface area contributed by atoms with Crippen molar-refractivity contribution < 1.29 is 14.3 Å². The third-order valence-corrected chi connectivity index (χ3v) is 8.49. The molecule has 5 aromatic rings. The van der Waals surface area contributed by atoms with Crippen molar-refractivity contribution in [3.05, 3.63) is 59.7 Å². The Kier molecular flexibility index (Phi) is 3.36. The van der Waals surface area contributed by atoms with E-state index in [1.807, 2.05) is 0 Å². The predicted octanol–water partition coefficient (Wildman–Crippen LogP) is 5.40. The molecular formula is C28H25N3O3. The fourth-order valence-corrected chi connectivity index (χ4v) is 7.39. The van der Waals surface area contributed by atoms with Gasteiger partial charge in [0.15, 0.2) is 5.72 Å². The largest absolute Gasteiger partial charge is 0.376 e. The van der Waals surface area contributed by atoms with E-state index in [1.165, 1.54) is 0 Å². The highest BCUT2D eigenvalue weighted by Gasteiger charge is 2.52. The van der Waals surface area contributed by atoms with Crippen LogP contribution in [0.3, 0.4) is 0 Å². The summed E-state index contributed by atoms with van der Waals surface area (Å²) in [7, 11) is 1.79. The molecule has 1 amide bonds. The first kappa shape index (κ1) is 19.0. The summed E-state index contributed by atoms with van der Waals surface area (Å²) in [5.41, 5.74) is 5.68. The van der Waals surface area contributed by atoms with Crippen LogP contribution in [-0.4, -0.2) is 28.3 Å². The zero-order valence-corrected chi connectivity index (χ0v) is 19.4. The molecule has 1 saturated heterocycles. The number of para-hydroxylation sites is 2. The van der Waals surface area contributed by atoms with Crippen molar-refractivity contribution in [3.8, 4) is 0 Å². The monoisotopic (exact) mass is 451 g/mol. The van der Waals surface area contributed by atoms with Gasteiger partial charge in [-0.05, 0) is 37.0 Å². The topological polar surface area (TPSA) is 57.4 Å². The number of rotatable bonds is 1. The molecule has 0 radical (unpaired) electrons. The van der Waals surface area contributed by atoms with Crippen molar-refractivity contribution in [2.24, 2.45) is 5.92 Å². The van der Waals surface area contributed by atoms with Crippen molar-refractivity contribution in [1.82, 2.24) is 14.5 Å². The molecule has 6 heteroatoms. The molecule has 0 aliphatic carbocycles. The molecule has 0 saturated carbocycles. The normalized spacial score (nSPS) is 27.7. The first-order chi connectivity index (χ1) is 16.5. The molecule has 3 aliphatic heterocycles. The molecule has 1 N–H and O–H groups in total. The average Bonchev–Trinajstić information content (AvgIpc) is 3.46. The smallest absolute Gasteiger partial charge is 0.252 e. The number of hydrogen-bond acceptors (Lipinski definition) is 3. The van der Waals surface area contributed by atoms with Crippen LogP contribution in [0.5, 0.6) is 0 Å². The molecule has 8 rings (SSSR count). The lowest BCUT2D eigenvalue weighted by Gasteiger charge is -2.47. The molecule has 4 atom stereocenters. The van der Waals surface area contributed by atoms with Crippen LogP contribution in [0.25, 0.3) is 43.6 Å². The summed E-state index contributed by atoms with van der Waals surface area (Å²) in [6, 6.07) is 16.9. The van der Waals surface area contributed by atoms with Crippen molar-refractivity contribution in [1.29, 1.82) is 0 Å². The molecule has 0 unspecified atom stereocenters. The van der Waals surface area contributed by atoms with Gasteiger partial charge >= 0.3 is 0 Å². The lowest BCUT2D eigenvalue weighted by atomic mass is 9.88. The summed E-state index contributed by atoms with van der Waals surface area (Å²) in [5.74, 6) is 0.296. The number of carbonyl (C=O) groups is 1. The molecule has 6 nitrogen and oxygen atoms in total. The number of amides is 1. The van der Waals surface area contributed by atoms with E-state index < -0.39 is 5.72 Å². The minimum Gasteiger partial charge on any atom is -0.376 e. The molecule has 0 spiro atoms. The Hall–Kier alpha value is -3.35. The summed E-state index contributed by atoms with van der Waals surface area (Å²) in [6.07, 6.45) is 0.579. The highest BCUT2D eigenvalue weighted by molar-refractivity contribution is 6.31. The van der Waals surface area contributed by atoms with Crippen molar-refractivity contribution in [2.45, 2.75) is 44.9 Å². The van der Waals surface area contributed by atoms with Crippen LogP contribution >= 0.6 is 0 Å². The van der Waals surface area contributed by atoms with Gasteiger partial charge in [-0.3, -0.25) is 4.79 Å². The van der Waals surface area contributed by atoms with Crippen molar-refractivity contribution in [3.63, 3.8) is 0 Å². The van der Waals surface area contributed by atoms with Crippen LogP contribution in [0.15, 0.2) is 48.5 Å². The van der Waals surface area contributed by atoms with Gasteiger partial charge in [0.2, 0.25) is 0 Å². The molecule has 34 heavy (non-hydrogen) atoms. The first-order valence-corrected chi connectivity index (χ1v) is 12.0. The predicted molar refractivity (Wildman–Crippen MR) is 132 cm³/mol. The Balaban J connectivity index is 1.75. The number of ether oxygens (including phenoxy) is 2. The van der Waals surface area contributed by atoms with E-state index in [0.717, 1.165) is 61.2 Å². The average molecular weight is 452 g/mol. The van der Waals surface area contributed by atoms with E-state index in [1.54, 1.807) is 7.11 Å². The Morgan fingerprint density at radius 3 is 2.50 bits per heavy atom. The van der Waals surface area contributed by atoms with E-state index in [0.29, 0.717) is 6.54 Å². The van der Waals surface area contributed by atoms with Gasteiger partial charge in [-0.2, -0.15) is 0 Å². The molecule has 3 aliphatic rings. The Bertz CT molecular complexity index is 1730. The second-order valence-corrected chi connectivity index (χ2v) is 10.2. The molecule has 3 aromatic carbocycles. The van der Waals surface area contributed by atoms with Gasteiger partial charge in [0.05, 0.1) is 27.6 Å². The van der Waals surface area contributed by atoms with Gasteiger partial charge in [0, 0.05) is 35.2 Å². The van der Waals surface area contributed by atoms with Gasteiger partial charge in [0.25, 0.3) is 5.91 Å². The standard InChI is InChI=1S/C28H25N3O3/c1-14-12-20-30-18-10-6-4-8-15(18)22-23-17(13-29-27(23)32)21-16-9-5-7-11-19(16)31(25(21)24(22)30)28(2,34-20)26(14)33-3/h4-11,14,20,26H,12-13H2,1-3H3,(H,29,32)/t14-,20-,26-,28+/m1/s1. The van der Waals surface area contributed by atoms with Crippen LogP contribution in [0, 0.1) is 5.92 Å². The van der Waals surface area contributed by atoms with Crippen molar-refractivity contribution in [2.75, 3.05) is 7.11 Å². The first-order valence-electron chi connectivity index (χ1n) is 12.0. The van der Waals surface area contributed by atoms with E-state index >= 15 is 0 Å². The van der Waals surface area contributed by atoms with Crippen LogP contribution < -0.4 is 5.32 Å². The summed E-state index contributed by atoms with van der Waals surface area (Å²) in [6.45, 7) is 4.98. The van der Waals surface area contributed by atoms with Gasteiger partial charge in [-0.15, -0.1) is 0 Å². The summed E-state index contributed by atoms with van der Waals surface area (Å²) in [4.78, 5) is 13.3. The minimum absolute atomic E-state index is 0.0131. The Labute approximate surface area is 196 Å². The molecule has 1 fully saturated rings. The fourth-order valence-electron chi connectivity index (χ4n) is 7.39. The zero-order chi connectivity index (χ0) is 22.9. The highest BCUT2D eigenvalue weighted by atomic mass is 16.6. The number of nitrogens with one attached hydrogen (secondary N) is 1. The summed E-state index contributed by atoms with van der Waals surface area (Å²) < 4.78 is 17.9. The third kappa shape index (κ3) is 1.93. The molecule has 2 bridgehead atoms. The quantitative estimate of drug-likeness (QED) is 0.371. The zero-order valence-electron chi connectivity index (χ0n) is 19.4. The van der Waals surface area contributed by atoms with E-state index in [2.05, 4.69) is 76.8 Å². The molecule has 5 heterocycles. The maximum Gasteiger partial charge on any atom is 0.252 e. The number of benzene rings is 3. The summed E-state index contributed by atoms with van der Waals surface area (Å²) >= 11 is 0. The number of hydrogen-bond donors (Lipinski definition) is 1. The van der Waals surface area contributed by atoms with Crippen LogP contribution in [0.2, 0.25) is 0 Å². The second kappa shape index (κ2) is 6.01. The third-order valence-electron chi connectivity index (χ3n) is 8.49. The van der Waals surface area contributed by atoms with Gasteiger partial charge in [0.1, 0.15) is 12.3 Å². The molecular weight excluding hydrogens is 426 g/mol. The van der Waals surface area contributed by atoms with Gasteiger partial charge < -0.3 is 23.9 Å². The van der Waals surface area contributed by atoms with E-state index in [4.69, 9.17) is 9.47 Å². The van der Waals surface area contributed by atoms with Crippen molar-refractivity contribution >= 4 is 49.5 Å². The highest BCUT2D eigenvalue weighted by Crippen LogP contribution is 2.54. The SMILES string of the molecule is CO[C@@H]1[C@H](C)C[C@H]2O[C@]1(C)n1c3ccccc3c3c4c(c5c6ccccc6n2c5c31)C(=O)NC4. The molecule has 2 aromatic heterocycles. The molecule has 170 valence electrons. The van der Waals surface area contributed by atoms with E-state index in [9.17, 15) is 4.79 Å². The lowest BCUT2D eigenvalue weighted by molar-refractivity contribution is -0.264. The maximum absolute atomic E-state index is 13.3. The Morgan fingerprint density at radius 1 is 1.03 bits per heavy atom. The minimum atomic E-state index is -0.699. The number of aromatic nitrogens is 2. The van der Waals surface area contributed by atoms with Crippen LogP contribution in [-0.2, 0) is 21.7 Å². The summed E-state index contributed by atoms with van der Waals surface area (Å²) in [5, 5.41) is 7.58. The Morgan fingerprint density at radius 2 is 1.74 bits per heavy atom. The van der Waals surface area contributed by atoms with Gasteiger partial charge in [-0.1, -0.05) is 43.3 Å². The van der Waals surface area contributed by atoms with Gasteiger partial charge in [-0.25, -0.2) is 0 Å². The van der Waals surface area contributed by atoms with Crippen LogP contribution in [0.1, 0.15) is 42.4 Å². The number of carbonyl (C=O) groups excluding carboxylic acids is 1. The van der Waals surface area contributed by atoms with Crippen LogP contribution in [0.4, 0.5) is 0 Å². The maximum atomic E-state index is 13.3. The lowest BCUT2D eigenvalue weighted by Crippen LogP contribution is -2.53. The fraction of sp³-hybridized carbons (Fsp3) is 0.321. The number of fused-ring (bicyclic) bond motifs is 13. The number of nitrogens with zero attached hydrogens (tertiary/aromatic N) is 2.